The maximum Gasteiger partial charge on any atom is 0.251 e. The number of rotatable bonds is 11. The predicted molar refractivity (Wildman–Crippen MR) is 108 cm³/mol. The highest BCUT2D eigenvalue weighted by atomic mass is 16.5. The van der Waals surface area contributed by atoms with Gasteiger partial charge < -0.3 is 15.8 Å². The maximum absolute atomic E-state index is 12.1. The monoisotopic (exact) mass is 368 g/mol. The van der Waals surface area contributed by atoms with Crippen LogP contribution < -0.4 is 15.8 Å². The minimum Gasteiger partial charge on any atom is -0.494 e. The van der Waals surface area contributed by atoms with Crippen LogP contribution in [0.2, 0.25) is 0 Å². The highest BCUT2D eigenvalue weighted by Gasteiger charge is 2.07. The molecule has 2 aromatic carbocycles. The Balaban J connectivity index is 1.61. The van der Waals surface area contributed by atoms with E-state index in [1.54, 1.807) is 12.1 Å². The molecule has 0 unspecified atom stereocenters. The summed E-state index contributed by atoms with van der Waals surface area (Å²) in [6.07, 6.45) is 3.49. The van der Waals surface area contributed by atoms with Gasteiger partial charge >= 0.3 is 0 Å². The quantitative estimate of drug-likeness (QED) is 0.467. The average molecular weight is 368 g/mol. The van der Waals surface area contributed by atoms with E-state index in [9.17, 15) is 9.59 Å². The lowest BCUT2D eigenvalue weighted by Gasteiger charge is -2.08. The van der Waals surface area contributed by atoms with Crippen LogP contribution >= 0.6 is 0 Å². The topological polar surface area (TPSA) is 81.4 Å². The Morgan fingerprint density at radius 3 is 2.63 bits per heavy atom. The number of ether oxygens (including phenoxy) is 1. The summed E-state index contributed by atoms with van der Waals surface area (Å²) in [4.78, 5) is 24.2. The number of unbranched alkanes of at least 4 members (excludes halogenated alkanes) is 2. The molecule has 0 radical (unpaired) electrons. The molecule has 5 heteroatoms. The third kappa shape index (κ3) is 7.13. The number of Topliss-reactive ketones (excluding diaryl/α,β-unsaturated/α-hetero) is 1. The molecule has 0 aliphatic rings. The van der Waals surface area contributed by atoms with E-state index in [0.717, 1.165) is 24.8 Å². The number of ketones is 1. The molecular formula is C22H28N2O3. The van der Waals surface area contributed by atoms with Crippen molar-refractivity contribution in [1.29, 1.82) is 0 Å². The van der Waals surface area contributed by atoms with Gasteiger partial charge in [0.15, 0.2) is 0 Å². The van der Waals surface area contributed by atoms with Crippen LogP contribution in [0.3, 0.4) is 0 Å². The van der Waals surface area contributed by atoms with Gasteiger partial charge in [0.2, 0.25) is 0 Å². The first kappa shape index (κ1) is 20.5. The Kier molecular flexibility index (Phi) is 8.36. The molecular weight excluding hydrogens is 340 g/mol. The lowest BCUT2D eigenvalue weighted by atomic mass is 10.0. The smallest absolute Gasteiger partial charge is 0.251 e. The fraction of sp³-hybridized carbons (Fsp3) is 0.364. The molecule has 0 bridgehead atoms. The second kappa shape index (κ2) is 11.0. The number of hydrogen-bond acceptors (Lipinski definition) is 4. The predicted octanol–water partition coefficient (Wildman–Crippen LogP) is 3.77. The molecule has 0 atom stereocenters. The molecule has 2 aromatic rings. The van der Waals surface area contributed by atoms with Crippen molar-refractivity contribution in [2.45, 2.75) is 39.0 Å². The van der Waals surface area contributed by atoms with Gasteiger partial charge in [0, 0.05) is 30.6 Å². The SMILES string of the molecule is CCOc1cccc(C(=O)NCCCCCC(=O)Cc2ccccc2N)c1. The standard InChI is InChI=1S/C22H28N2O3/c1-2-27-20-12-8-10-18(16-20)22(26)24-14-7-3-4-11-19(25)15-17-9-5-6-13-21(17)23/h5-6,8-10,12-13,16H,2-4,7,11,14-15,23H2,1H3,(H,24,26). The molecule has 3 N–H and O–H groups in total. The first-order valence-corrected chi connectivity index (χ1v) is 9.46. The molecule has 0 aliphatic carbocycles. The van der Waals surface area contributed by atoms with Crippen molar-refractivity contribution >= 4 is 17.4 Å². The van der Waals surface area contributed by atoms with Crippen LogP contribution in [0.15, 0.2) is 48.5 Å². The summed E-state index contributed by atoms with van der Waals surface area (Å²) in [5, 5.41) is 2.91. The van der Waals surface area contributed by atoms with E-state index < -0.39 is 0 Å². The Morgan fingerprint density at radius 2 is 1.85 bits per heavy atom. The van der Waals surface area contributed by atoms with Gasteiger partial charge in [0.1, 0.15) is 11.5 Å². The normalized spacial score (nSPS) is 10.4. The van der Waals surface area contributed by atoms with Gasteiger partial charge in [-0.05, 0) is 49.6 Å². The van der Waals surface area contributed by atoms with Gasteiger partial charge in [0.25, 0.3) is 5.91 Å². The average Bonchev–Trinajstić information content (AvgIpc) is 2.66. The minimum absolute atomic E-state index is 0.104. The number of benzene rings is 2. The summed E-state index contributed by atoms with van der Waals surface area (Å²) in [6, 6.07) is 14.6. The zero-order valence-electron chi connectivity index (χ0n) is 15.9. The second-order valence-corrected chi connectivity index (χ2v) is 6.44. The van der Waals surface area contributed by atoms with Crippen molar-refractivity contribution in [3.63, 3.8) is 0 Å². The first-order chi connectivity index (χ1) is 13.1. The Hall–Kier alpha value is -2.82. The van der Waals surface area contributed by atoms with Crippen molar-refractivity contribution < 1.29 is 14.3 Å². The summed E-state index contributed by atoms with van der Waals surface area (Å²) in [7, 11) is 0. The molecule has 0 aliphatic heterocycles. The number of anilines is 1. The molecule has 0 fully saturated rings. The third-order valence-corrected chi connectivity index (χ3v) is 4.27. The van der Waals surface area contributed by atoms with E-state index in [0.29, 0.717) is 43.0 Å². The van der Waals surface area contributed by atoms with Gasteiger partial charge in [0.05, 0.1) is 6.61 Å². The van der Waals surface area contributed by atoms with E-state index in [2.05, 4.69) is 5.32 Å². The molecule has 2 rings (SSSR count). The summed E-state index contributed by atoms with van der Waals surface area (Å²) in [5.74, 6) is 0.791. The molecule has 0 heterocycles. The molecule has 0 saturated heterocycles. The largest absolute Gasteiger partial charge is 0.494 e. The van der Waals surface area contributed by atoms with Crippen LogP contribution in [0.5, 0.6) is 5.75 Å². The van der Waals surface area contributed by atoms with Crippen molar-refractivity contribution in [3.8, 4) is 5.75 Å². The zero-order chi connectivity index (χ0) is 19.5. The van der Waals surface area contributed by atoms with Gasteiger partial charge in [-0.2, -0.15) is 0 Å². The summed E-state index contributed by atoms with van der Waals surface area (Å²) in [5.41, 5.74) is 8.02. The van der Waals surface area contributed by atoms with Gasteiger partial charge in [-0.1, -0.05) is 30.7 Å². The second-order valence-electron chi connectivity index (χ2n) is 6.44. The summed E-state index contributed by atoms with van der Waals surface area (Å²) in [6.45, 7) is 3.07. The van der Waals surface area contributed by atoms with Crippen LogP contribution in [-0.2, 0) is 11.2 Å². The highest BCUT2D eigenvalue weighted by molar-refractivity contribution is 5.94. The Labute approximate surface area is 160 Å². The number of carbonyl (C=O) groups is 2. The number of para-hydroxylation sites is 1. The van der Waals surface area contributed by atoms with E-state index in [-0.39, 0.29) is 11.7 Å². The van der Waals surface area contributed by atoms with Crippen LogP contribution in [0.4, 0.5) is 5.69 Å². The molecule has 27 heavy (non-hydrogen) atoms. The van der Waals surface area contributed by atoms with Crippen molar-refractivity contribution in [1.82, 2.24) is 5.32 Å². The van der Waals surface area contributed by atoms with Crippen molar-refractivity contribution in [3.05, 3.63) is 59.7 Å². The fourth-order valence-electron chi connectivity index (χ4n) is 2.82. The van der Waals surface area contributed by atoms with Crippen LogP contribution in [-0.4, -0.2) is 24.8 Å². The number of nitrogens with two attached hydrogens (primary N) is 1. The maximum atomic E-state index is 12.1. The zero-order valence-corrected chi connectivity index (χ0v) is 15.9. The highest BCUT2D eigenvalue weighted by Crippen LogP contribution is 2.14. The van der Waals surface area contributed by atoms with Crippen molar-refractivity contribution in [2.75, 3.05) is 18.9 Å². The van der Waals surface area contributed by atoms with E-state index >= 15 is 0 Å². The van der Waals surface area contributed by atoms with Crippen molar-refractivity contribution in [2.24, 2.45) is 0 Å². The number of amides is 1. The Bertz CT molecular complexity index is 759. The fourth-order valence-corrected chi connectivity index (χ4v) is 2.82. The van der Waals surface area contributed by atoms with Crippen LogP contribution in [0.25, 0.3) is 0 Å². The van der Waals surface area contributed by atoms with Crippen LogP contribution in [0.1, 0.15) is 48.5 Å². The summed E-state index contributed by atoms with van der Waals surface area (Å²) >= 11 is 0. The third-order valence-electron chi connectivity index (χ3n) is 4.27. The number of nitrogen functional groups attached to an aromatic ring is 1. The minimum atomic E-state index is -0.104. The van der Waals surface area contributed by atoms with Gasteiger partial charge in [-0.25, -0.2) is 0 Å². The molecule has 0 spiro atoms. The Morgan fingerprint density at radius 1 is 1.04 bits per heavy atom. The van der Waals surface area contributed by atoms with E-state index in [1.807, 2.05) is 43.3 Å². The van der Waals surface area contributed by atoms with Gasteiger partial charge in [-0.3, -0.25) is 9.59 Å². The summed E-state index contributed by atoms with van der Waals surface area (Å²) < 4.78 is 5.41. The molecule has 0 saturated carbocycles. The van der Waals surface area contributed by atoms with E-state index in [4.69, 9.17) is 10.5 Å². The van der Waals surface area contributed by atoms with E-state index in [1.165, 1.54) is 0 Å². The first-order valence-electron chi connectivity index (χ1n) is 9.46. The molecule has 1 amide bonds. The number of nitrogens with one attached hydrogen (secondary N) is 1. The number of hydrogen-bond donors (Lipinski definition) is 2. The molecule has 0 aromatic heterocycles. The lowest BCUT2D eigenvalue weighted by molar-refractivity contribution is -0.118. The molecule has 144 valence electrons. The lowest BCUT2D eigenvalue weighted by Crippen LogP contribution is -2.24. The molecule has 5 nitrogen and oxygen atoms in total. The van der Waals surface area contributed by atoms with Crippen LogP contribution in [0, 0.1) is 0 Å². The van der Waals surface area contributed by atoms with Gasteiger partial charge in [-0.15, -0.1) is 0 Å². The number of carbonyl (C=O) groups excluding carboxylic acids is 2.